The second-order valence-electron chi connectivity index (χ2n) is 5.37. The quantitative estimate of drug-likeness (QED) is 0.825. The fourth-order valence-electron chi connectivity index (χ4n) is 2.52. The van der Waals surface area contributed by atoms with Crippen LogP contribution in [0, 0.1) is 5.92 Å². The molecule has 24 heavy (non-hydrogen) atoms. The van der Waals surface area contributed by atoms with Gasteiger partial charge in [0.15, 0.2) is 0 Å². The van der Waals surface area contributed by atoms with Crippen molar-refractivity contribution >= 4 is 15.9 Å². The third-order valence-electron chi connectivity index (χ3n) is 3.83. The molecule has 0 atom stereocenters. The molecule has 1 aromatic rings. The molecule has 2 rings (SSSR count). The van der Waals surface area contributed by atoms with Crippen LogP contribution in [0.3, 0.4) is 0 Å². The number of nitrogens with zero attached hydrogens (tertiary/aromatic N) is 1. The van der Waals surface area contributed by atoms with E-state index in [0.717, 1.165) is 22.5 Å². The van der Waals surface area contributed by atoms with E-state index in [9.17, 15) is 26.4 Å². The molecule has 0 saturated carbocycles. The highest BCUT2D eigenvalue weighted by Crippen LogP contribution is 2.32. The topological polar surface area (TPSA) is 75.7 Å². The van der Waals surface area contributed by atoms with Crippen LogP contribution in [0.15, 0.2) is 29.2 Å². The number of halogens is 3. The maximum Gasteiger partial charge on any atom is 0.416 e. The minimum Gasteiger partial charge on any atom is -0.277 e. The summed E-state index contributed by atoms with van der Waals surface area (Å²) >= 11 is 0. The summed E-state index contributed by atoms with van der Waals surface area (Å²) in [5.74, 6) is -0.730. The Kier molecular flexibility index (Phi) is 5.51. The number of sulfonamides is 1. The summed E-state index contributed by atoms with van der Waals surface area (Å²) in [5, 5.41) is 0. The van der Waals surface area contributed by atoms with Gasteiger partial charge in [0.2, 0.25) is 15.9 Å². The van der Waals surface area contributed by atoms with E-state index in [1.165, 1.54) is 7.11 Å². The number of amides is 1. The van der Waals surface area contributed by atoms with Gasteiger partial charge in [-0.3, -0.25) is 9.63 Å². The van der Waals surface area contributed by atoms with Crippen LogP contribution in [0.25, 0.3) is 0 Å². The molecule has 1 N–H and O–H groups in total. The first-order valence-electron chi connectivity index (χ1n) is 7.16. The molecule has 1 aliphatic rings. The fraction of sp³-hybridized carbons (Fsp3) is 0.500. The van der Waals surface area contributed by atoms with E-state index in [1.54, 1.807) is 0 Å². The molecule has 1 aliphatic heterocycles. The second kappa shape index (κ2) is 7.08. The van der Waals surface area contributed by atoms with Gasteiger partial charge in [-0.2, -0.15) is 17.5 Å². The number of hydrogen-bond donors (Lipinski definition) is 1. The minimum atomic E-state index is -4.61. The van der Waals surface area contributed by atoms with E-state index in [4.69, 9.17) is 0 Å². The number of rotatable bonds is 4. The van der Waals surface area contributed by atoms with Gasteiger partial charge in [-0.1, -0.05) is 6.07 Å². The first-order valence-corrected chi connectivity index (χ1v) is 8.60. The maximum absolute atomic E-state index is 12.7. The Morgan fingerprint density at radius 2 is 1.92 bits per heavy atom. The van der Waals surface area contributed by atoms with Crippen LogP contribution in [-0.4, -0.2) is 38.8 Å². The van der Waals surface area contributed by atoms with E-state index < -0.39 is 32.6 Å². The van der Waals surface area contributed by atoms with Gasteiger partial charge < -0.3 is 0 Å². The molecule has 0 aromatic heterocycles. The minimum absolute atomic E-state index is 0.0559. The fourth-order valence-corrected chi connectivity index (χ4v) is 4.04. The monoisotopic (exact) mass is 366 g/mol. The van der Waals surface area contributed by atoms with E-state index in [-0.39, 0.29) is 31.8 Å². The van der Waals surface area contributed by atoms with Gasteiger partial charge in [-0.05, 0) is 31.0 Å². The first-order chi connectivity index (χ1) is 11.2. The molecule has 134 valence electrons. The smallest absolute Gasteiger partial charge is 0.277 e. The summed E-state index contributed by atoms with van der Waals surface area (Å²) in [4.78, 5) is 15.8. The Morgan fingerprint density at radius 1 is 1.29 bits per heavy atom. The van der Waals surface area contributed by atoms with Crippen molar-refractivity contribution in [1.82, 2.24) is 9.79 Å². The highest BCUT2D eigenvalue weighted by atomic mass is 32.2. The average Bonchev–Trinajstić information content (AvgIpc) is 2.54. The van der Waals surface area contributed by atoms with Crippen molar-refractivity contribution in [2.24, 2.45) is 5.92 Å². The molecule has 10 heteroatoms. The number of carbonyl (C=O) groups is 1. The first kappa shape index (κ1) is 18.7. The maximum atomic E-state index is 12.7. The molecule has 6 nitrogen and oxygen atoms in total. The van der Waals surface area contributed by atoms with Crippen LogP contribution >= 0.6 is 0 Å². The van der Waals surface area contributed by atoms with E-state index in [0.29, 0.717) is 6.07 Å². The van der Waals surface area contributed by atoms with E-state index >= 15 is 0 Å². The summed E-state index contributed by atoms with van der Waals surface area (Å²) in [6, 6.07) is 3.64. The molecule has 0 bridgehead atoms. The number of hydrogen-bond acceptors (Lipinski definition) is 4. The summed E-state index contributed by atoms with van der Waals surface area (Å²) in [6.45, 7) is 0.112. The molecule has 1 saturated heterocycles. The Hall–Kier alpha value is -1.65. The van der Waals surface area contributed by atoms with Crippen molar-refractivity contribution in [2.75, 3.05) is 20.2 Å². The number of piperidine rings is 1. The lowest BCUT2D eigenvalue weighted by Gasteiger charge is -2.30. The summed E-state index contributed by atoms with van der Waals surface area (Å²) in [6.07, 6.45) is -4.07. The van der Waals surface area contributed by atoms with Crippen molar-refractivity contribution < 1.29 is 31.2 Å². The number of hydroxylamine groups is 1. The van der Waals surface area contributed by atoms with E-state index in [1.807, 2.05) is 0 Å². The molecule has 1 heterocycles. The number of benzene rings is 1. The molecule has 0 spiro atoms. The Balaban J connectivity index is 2.14. The zero-order chi connectivity index (χ0) is 18.0. The van der Waals surface area contributed by atoms with Crippen molar-refractivity contribution in [2.45, 2.75) is 23.9 Å². The SMILES string of the molecule is CONC(=O)C1CCN(S(=O)(=O)c2cccc(C(F)(F)F)c2)CC1. The summed E-state index contributed by atoms with van der Waals surface area (Å²) in [5.41, 5.74) is 1.18. The van der Waals surface area contributed by atoms with Crippen LogP contribution in [0.1, 0.15) is 18.4 Å². The molecule has 0 unspecified atom stereocenters. The van der Waals surface area contributed by atoms with Crippen molar-refractivity contribution in [3.63, 3.8) is 0 Å². The molecule has 1 amide bonds. The summed E-state index contributed by atoms with van der Waals surface area (Å²) in [7, 11) is -2.74. The van der Waals surface area contributed by atoms with Crippen LogP contribution < -0.4 is 5.48 Å². The van der Waals surface area contributed by atoms with Crippen molar-refractivity contribution in [3.8, 4) is 0 Å². The zero-order valence-electron chi connectivity index (χ0n) is 12.8. The lowest BCUT2D eigenvalue weighted by atomic mass is 9.98. The Bertz CT molecular complexity index is 698. The third-order valence-corrected chi connectivity index (χ3v) is 5.72. The lowest BCUT2D eigenvalue weighted by molar-refractivity contribution is -0.138. The van der Waals surface area contributed by atoms with Gasteiger partial charge in [0, 0.05) is 19.0 Å². The van der Waals surface area contributed by atoms with Gasteiger partial charge in [0.1, 0.15) is 0 Å². The predicted octanol–water partition coefficient (Wildman–Crippen LogP) is 1.78. The van der Waals surface area contributed by atoms with Crippen molar-refractivity contribution in [1.29, 1.82) is 0 Å². The number of carbonyl (C=O) groups excluding carboxylic acids is 1. The van der Waals surface area contributed by atoms with Crippen molar-refractivity contribution in [3.05, 3.63) is 29.8 Å². The molecular weight excluding hydrogens is 349 g/mol. The Morgan fingerprint density at radius 3 is 2.46 bits per heavy atom. The van der Waals surface area contributed by atoms with Gasteiger partial charge in [0.05, 0.1) is 17.6 Å². The number of alkyl halides is 3. The zero-order valence-corrected chi connectivity index (χ0v) is 13.7. The highest BCUT2D eigenvalue weighted by molar-refractivity contribution is 7.89. The van der Waals surface area contributed by atoms with Gasteiger partial charge in [0.25, 0.3) is 0 Å². The van der Waals surface area contributed by atoms with Crippen LogP contribution in [-0.2, 0) is 25.8 Å². The lowest BCUT2D eigenvalue weighted by Crippen LogP contribution is -2.42. The van der Waals surface area contributed by atoms with Crippen LogP contribution in [0.2, 0.25) is 0 Å². The summed E-state index contributed by atoms with van der Waals surface area (Å²) < 4.78 is 64.3. The molecule has 1 fully saturated rings. The molecule has 1 aromatic carbocycles. The van der Waals surface area contributed by atoms with E-state index in [2.05, 4.69) is 10.3 Å². The Labute approximate surface area is 137 Å². The van der Waals surface area contributed by atoms with Gasteiger partial charge in [-0.15, -0.1) is 0 Å². The predicted molar refractivity (Wildman–Crippen MR) is 78.1 cm³/mol. The number of nitrogens with one attached hydrogen (secondary N) is 1. The van der Waals surface area contributed by atoms with Crippen LogP contribution in [0.5, 0.6) is 0 Å². The van der Waals surface area contributed by atoms with Crippen LogP contribution in [0.4, 0.5) is 13.2 Å². The average molecular weight is 366 g/mol. The normalized spacial score (nSPS) is 17.7. The second-order valence-corrected chi connectivity index (χ2v) is 7.31. The largest absolute Gasteiger partial charge is 0.416 e. The highest BCUT2D eigenvalue weighted by Gasteiger charge is 2.35. The third kappa shape index (κ3) is 4.05. The standard InChI is InChI=1S/C14H17F3N2O4S/c1-23-18-13(20)10-5-7-19(8-6-10)24(21,22)12-4-2-3-11(9-12)14(15,16)17/h2-4,9-10H,5-8H2,1H3,(H,18,20). The van der Waals surface area contributed by atoms with Gasteiger partial charge >= 0.3 is 6.18 Å². The molecule has 0 aliphatic carbocycles. The molecular formula is C14H17F3N2O4S. The van der Waals surface area contributed by atoms with Gasteiger partial charge in [-0.25, -0.2) is 13.9 Å². The molecule has 0 radical (unpaired) electrons.